The quantitative estimate of drug-likeness (QED) is 0.866. The standard InChI is InChI=1S/C18H22FNO/c1-13-6-4-5-7-14(13)8-10-17(20-2)16-12-15(19)9-11-18(16)21-3/h4-7,9,11-12,17,20H,8,10H2,1-3H3. The molecule has 0 aliphatic heterocycles. The van der Waals surface area contributed by atoms with Crippen molar-refractivity contribution in [1.29, 1.82) is 0 Å². The number of ether oxygens (including phenoxy) is 1. The summed E-state index contributed by atoms with van der Waals surface area (Å²) in [6.07, 6.45) is 1.83. The minimum Gasteiger partial charge on any atom is -0.496 e. The van der Waals surface area contributed by atoms with E-state index in [-0.39, 0.29) is 11.9 Å². The molecule has 0 heterocycles. The Morgan fingerprint density at radius 2 is 1.95 bits per heavy atom. The number of halogens is 1. The monoisotopic (exact) mass is 287 g/mol. The zero-order chi connectivity index (χ0) is 15.2. The molecule has 2 nitrogen and oxygen atoms in total. The van der Waals surface area contributed by atoms with Crippen LogP contribution in [0.3, 0.4) is 0 Å². The number of benzene rings is 2. The van der Waals surface area contributed by atoms with E-state index in [1.165, 1.54) is 17.2 Å². The van der Waals surface area contributed by atoms with E-state index in [0.29, 0.717) is 0 Å². The van der Waals surface area contributed by atoms with E-state index in [9.17, 15) is 4.39 Å². The largest absolute Gasteiger partial charge is 0.496 e. The summed E-state index contributed by atoms with van der Waals surface area (Å²) >= 11 is 0. The van der Waals surface area contributed by atoms with Gasteiger partial charge < -0.3 is 10.1 Å². The first-order valence-corrected chi connectivity index (χ1v) is 7.21. The summed E-state index contributed by atoms with van der Waals surface area (Å²) in [6.45, 7) is 2.12. The number of rotatable bonds is 6. The van der Waals surface area contributed by atoms with Gasteiger partial charge in [-0.05, 0) is 56.1 Å². The van der Waals surface area contributed by atoms with Crippen molar-refractivity contribution in [3.63, 3.8) is 0 Å². The van der Waals surface area contributed by atoms with E-state index in [1.54, 1.807) is 19.2 Å². The Hall–Kier alpha value is -1.87. The van der Waals surface area contributed by atoms with Gasteiger partial charge in [-0.1, -0.05) is 24.3 Å². The van der Waals surface area contributed by atoms with Crippen LogP contribution in [0.2, 0.25) is 0 Å². The van der Waals surface area contributed by atoms with Gasteiger partial charge >= 0.3 is 0 Å². The highest BCUT2D eigenvalue weighted by Crippen LogP contribution is 2.29. The summed E-state index contributed by atoms with van der Waals surface area (Å²) in [5.74, 6) is 0.488. The van der Waals surface area contributed by atoms with Crippen LogP contribution in [0, 0.1) is 12.7 Å². The number of hydrogen-bond acceptors (Lipinski definition) is 2. The molecule has 0 saturated heterocycles. The second-order valence-corrected chi connectivity index (χ2v) is 5.19. The average molecular weight is 287 g/mol. The van der Waals surface area contributed by atoms with Crippen molar-refractivity contribution >= 4 is 0 Å². The third kappa shape index (κ3) is 3.82. The molecular weight excluding hydrogens is 265 g/mol. The van der Waals surface area contributed by atoms with Crippen LogP contribution in [0.25, 0.3) is 0 Å². The lowest BCUT2D eigenvalue weighted by Crippen LogP contribution is -2.18. The Morgan fingerprint density at radius 1 is 1.19 bits per heavy atom. The molecule has 0 saturated carbocycles. The number of methoxy groups -OCH3 is 1. The van der Waals surface area contributed by atoms with Gasteiger partial charge in [0.15, 0.2) is 0 Å². The molecule has 112 valence electrons. The molecule has 2 aromatic carbocycles. The maximum Gasteiger partial charge on any atom is 0.123 e. The second kappa shape index (κ2) is 7.23. The first-order valence-electron chi connectivity index (χ1n) is 7.21. The molecule has 0 aromatic heterocycles. The Labute approximate surface area is 126 Å². The van der Waals surface area contributed by atoms with Crippen LogP contribution in [0.5, 0.6) is 5.75 Å². The Kier molecular flexibility index (Phi) is 5.34. The van der Waals surface area contributed by atoms with E-state index >= 15 is 0 Å². The molecule has 2 aromatic rings. The van der Waals surface area contributed by atoms with Crippen molar-refractivity contribution in [3.8, 4) is 5.75 Å². The summed E-state index contributed by atoms with van der Waals surface area (Å²) in [4.78, 5) is 0. The fraction of sp³-hybridized carbons (Fsp3) is 0.333. The molecule has 1 N–H and O–H groups in total. The fourth-order valence-corrected chi connectivity index (χ4v) is 2.62. The summed E-state index contributed by atoms with van der Waals surface area (Å²) in [5.41, 5.74) is 3.49. The highest BCUT2D eigenvalue weighted by atomic mass is 19.1. The van der Waals surface area contributed by atoms with Gasteiger partial charge in [0.1, 0.15) is 11.6 Å². The average Bonchev–Trinajstić information content (AvgIpc) is 2.50. The zero-order valence-corrected chi connectivity index (χ0v) is 12.8. The number of aryl methyl sites for hydroxylation is 2. The van der Waals surface area contributed by atoms with Crippen LogP contribution in [0.4, 0.5) is 4.39 Å². The van der Waals surface area contributed by atoms with Crippen LogP contribution >= 0.6 is 0 Å². The molecule has 0 aliphatic carbocycles. The number of hydrogen-bond donors (Lipinski definition) is 1. The number of nitrogens with one attached hydrogen (secondary N) is 1. The van der Waals surface area contributed by atoms with Crippen molar-refractivity contribution < 1.29 is 9.13 Å². The van der Waals surface area contributed by atoms with Gasteiger partial charge in [0.05, 0.1) is 7.11 Å². The van der Waals surface area contributed by atoms with E-state index in [4.69, 9.17) is 4.74 Å². The molecular formula is C18H22FNO. The van der Waals surface area contributed by atoms with Crippen molar-refractivity contribution in [1.82, 2.24) is 5.32 Å². The lowest BCUT2D eigenvalue weighted by Gasteiger charge is -2.20. The molecule has 0 amide bonds. The topological polar surface area (TPSA) is 21.3 Å². The van der Waals surface area contributed by atoms with Crippen molar-refractivity contribution in [2.75, 3.05) is 14.2 Å². The highest BCUT2D eigenvalue weighted by Gasteiger charge is 2.15. The Balaban J connectivity index is 2.17. The lowest BCUT2D eigenvalue weighted by molar-refractivity contribution is 0.397. The van der Waals surface area contributed by atoms with E-state index in [1.807, 2.05) is 13.1 Å². The lowest BCUT2D eigenvalue weighted by atomic mass is 9.96. The molecule has 1 unspecified atom stereocenters. The van der Waals surface area contributed by atoms with E-state index in [0.717, 1.165) is 24.2 Å². The van der Waals surface area contributed by atoms with Gasteiger partial charge in [0.25, 0.3) is 0 Å². The van der Waals surface area contributed by atoms with E-state index in [2.05, 4.69) is 30.4 Å². The Bertz CT molecular complexity index is 598. The highest BCUT2D eigenvalue weighted by molar-refractivity contribution is 5.37. The van der Waals surface area contributed by atoms with Gasteiger partial charge in [0.2, 0.25) is 0 Å². The molecule has 0 aliphatic rings. The molecule has 2 rings (SSSR count). The van der Waals surface area contributed by atoms with Crippen LogP contribution < -0.4 is 10.1 Å². The second-order valence-electron chi connectivity index (χ2n) is 5.19. The van der Waals surface area contributed by atoms with Gasteiger partial charge in [-0.25, -0.2) is 4.39 Å². The van der Waals surface area contributed by atoms with Crippen molar-refractivity contribution in [2.24, 2.45) is 0 Å². The summed E-state index contributed by atoms with van der Waals surface area (Å²) in [7, 11) is 3.51. The van der Waals surface area contributed by atoms with Crippen molar-refractivity contribution in [2.45, 2.75) is 25.8 Å². The van der Waals surface area contributed by atoms with Gasteiger partial charge in [0, 0.05) is 11.6 Å². The molecule has 0 radical (unpaired) electrons. The van der Waals surface area contributed by atoms with Crippen LogP contribution in [0.15, 0.2) is 42.5 Å². The van der Waals surface area contributed by atoms with Gasteiger partial charge in [-0.3, -0.25) is 0 Å². The van der Waals surface area contributed by atoms with Crippen molar-refractivity contribution in [3.05, 3.63) is 65.0 Å². The molecule has 0 spiro atoms. The summed E-state index contributed by atoms with van der Waals surface area (Å²) < 4.78 is 18.9. The fourth-order valence-electron chi connectivity index (χ4n) is 2.62. The van der Waals surface area contributed by atoms with E-state index < -0.39 is 0 Å². The van der Waals surface area contributed by atoms with Gasteiger partial charge in [-0.2, -0.15) is 0 Å². The predicted molar refractivity (Wildman–Crippen MR) is 84.3 cm³/mol. The molecule has 0 bridgehead atoms. The Morgan fingerprint density at radius 3 is 2.62 bits per heavy atom. The van der Waals surface area contributed by atoms with Gasteiger partial charge in [-0.15, -0.1) is 0 Å². The summed E-state index contributed by atoms with van der Waals surface area (Å²) in [6, 6.07) is 13.1. The SMILES string of the molecule is CNC(CCc1ccccc1C)c1cc(F)ccc1OC. The van der Waals surface area contributed by atoms with Crippen LogP contribution in [-0.2, 0) is 6.42 Å². The first-order chi connectivity index (χ1) is 10.2. The molecule has 21 heavy (non-hydrogen) atoms. The smallest absolute Gasteiger partial charge is 0.123 e. The minimum absolute atomic E-state index is 0.0651. The van der Waals surface area contributed by atoms with Crippen LogP contribution in [0.1, 0.15) is 29.2 Å². The molecule has 1 atom stereocenters. The maximum absolute atomic E-state index is 13.5. The maximum atomic E-state index is 13.5. The molecule has 3 heteroatoms. The zero-order valence-electron chi connectivity index (χ0n) is 12.8. The van der Waals surface area contributed by atoms with Crippen LogP contribution in [-0.4, -0.2) is 14.2 Å². The first kappa shape index (κ1) is 15.5. The molecule has 0 fully saturated rings. The third-order valence-electron chi connectivity index (χ3n) is 3.88. The minimum atomic E-state index is -0.234. The predicted octanol–water partition coefficient (Wildman–Crippen LogP) is 4.04. The normalized spacial score (nSPS) is 12.2. The summed E-state index contributed by atoms with van der Waals surface area (Å²) in [5, 5.41) is 3.26. The third-order valence-corrected chi connectivity index (χ3v) is 3.88.